The van der Waals surface area contributed by atoms with Crippen LogP contribution < -0.4 is 10.1 Å². The maximum atomic E-state index is 12.1. The van der Waals surface area contributed by atoms with Crippen LogP contribution in [-0.2, 0) is 14.6 Å². The quantitative estimate of drug-likeness (QED) is 0.720. The highest BCUT2D eigenvalue weighted by atomic mass is 32.2. The standard InChI is InChI=1S/C15H19NO6S/c1-23(20,21)10-15(5-6-15)9-16-14(19)11-3-2-4-12(7-11)22-8-13(17)18/h2-4,7H,5-6,8-10H2,1H3,(H,16,19)(H,17,18). The van der Waals surface area contributed by atoms with Crippen molar-refractivity contribution in [2.24, 2.45) is 5.41 Å². The van der Waals surface area contributed by atoms with E-state index in [-0.39, 0.29) is 22.8 Å². The molecule has 0 atom stereocenters. The zero-order valence-corrected chi connectivity index (χ0v) is 13.6. The van der Waals surface area contributed by atoms with Crippen LogP contribution in [0, 0.1) is 5.41 Å². The van der Waals surface area contributed by atoms with Crippen LogP contribution in [0.1, 0.15) is 23.2 Å². The molecule has 1 aliphatic rings. The topological polar surface area (TPSA) is 110 Å². The maximum absolute atomic E-state index is 12.1. The normalized spacial score (nSPS) is 15.7. The van der Waals surface area contributed by atoms with Gasteiger partial charge < -0.3 is 15.2 Å². The van der Waals surface area contributed by atoms with Crippen molar-refractivity contribution in [3.63, 3.8) is 0 Å². The van der Waals surface area contributed by atoms with Crippen molar-refractivity contribution >= 4 is 21.7 Å². The highest BCUT2D eigenvalue weighted by Gasteiger charge is 2.45. The number of rotatable bonds is 8. The lowest BCUT2D eigenvalue weighted by Gasteiger charge is -2.15. The Morgan fingerprint density at radius 1 is 1.35 bits per heavy atom. The second-order valence-electron chi connectivity index (χ2n) is 5.96. The second-order valence-corrected chi connectivity index (χ2v) is 8.10. The molecule has 1 aromatic carbocycles. The fraction of sp³-hybridized carbons (Fsp3) is 0.467. The van der Waals surface area contributed by atoms with Crippen LogP contribution in [0.2, 0.25) is 0 Å². The average Bonchev–Trinajstić information content (AvgIpc) is 3.20. The van der Waals surface area contributed by atoms with Gasteiger partial charge in [0.15, 0.2) is 6.61 Å². The van der Waals surface area contributed by atoms with Gasteiger partial charge in [-0.2, -0.15) is 0 Å². The van der Waals surface area contributed by atoms with Crippen molar-refractivity contribution in [2.75, 3.05) is 25.2 Å². The van der Waals surface area contributed by atoms with Gasteiger partial charge in [-0.1, -0.05) is 6.07 Å². The van der Waals surface area contributed by atoms with Gasteiger partial charge in [0.05, 0.1) is 5.75 Å². The highest BCUT2D eigenvalue weighted by molar-refractivity contribution is 7.90. The van der Waals surface area contributed by atoms with E-state index in [1.807, 2.05) is 0 Å². The van der Waals surface area contributed by atoms with Gasteiger partial charge >= 0.3 is 5.97 Å². The van der Waals surface area contributed by atoms with Crippen LogP contribution in [0.25, 0.3) is 0 Å². The summed E-state index contributed by atoms with van der Waals surface area (Å²) in [5.41, 5.74) is -0.0104. The first-order valence-corrected chi connectivity index (χ1v) is 9.16. The van der Waals surface area contributed by atoms with E-state index in [0.29, 0.717) is 12.1 Å². The molecule has 0 spiro atoms. The zero-order chi connectivity index (χ0) is 17.1. The Morgan fingerprint density at radius 3 is 2.61 bits per heavy atom. The third-order valence-electron chi connectivity index (χ3n) is 3.61. The van der Waals surface area contributed by atoms with E-state index >= 15 is 0 Å². The Morgan fingerprint density at radius 2 is 2.04 bits per heavy atom. The first kappa shape index (κ1) is 17.3. The number of nitrogens with one attached hydrogen (secondary N) is 1. The number of carbonyl (C=O) groups excluding carboxylic acids is 1. The molecule has 2 rings (SSSR count). The Kier molecular flexibility index (Phi) is 4.93. The molecule has 0 bridgehead atoms. The molecular weight excluding hydrogens is 322 g/mol. The second kappa shape index (κ2) is 6.57. The molecule has 2 N–H and O–H groups in total. The Hall–Kier alpha value is -2.09. The molecular formula is C15H19NO6S. The maximum Gasteiger partial charge on any atom is 0.341 e. The van der Waals surface area contributed by atoms with Crippen molar-refractivity contribution in [3.05, 3.63) is 29.8 Å². The Balaban J connectivity index is 1.93. The fourth-order valence-corrected chi connectivity index (χ4v) is 3.85. The van der Waals surface area contributed by atoms with E-state index in [4.69, 9.17) is 9.84 Å². The minimum absolute atomic E-state index is 0.0715. The summed E-state index contributed by atoms with van der Waals surface area (Å²) in [5.74, 6) is -1.08. The first-order chi connectivity index (χ1) is 10.7. The lowest BCUT2D eigenvalue weighted by atomic mass is 10.1. The molecule has 0 unspecified atom stereocenters. The van der Waals surface area contributed by atoms with Crippen LogP contribution in [0.4, 0.5) is 0 Å². The Labute approximate surface area is 134 Å². The average molecular weight is 341 g/mol. The number of ether oxygens (including phenoxy) is 1. The summed E-state index contributed by atoms with van der Waals surface area (Å²) in [7, 11) is -3.08. The van der Waals surface area contributed by atoms with E-state index in [9.17, 15) is 18.0 Å². The zero-order valence-electron chi connectivity index (χ0n) is 12.7. The van der Waals surface area contributed by atoms with Crippen molar-refractivity contribution in [2.45, 2.75) is 12.8 Å². The van der Waals surface area contributed by atoms with Gasteiger partial charge in [-0.15, -0.1) is 0 Å². The van der Waals surface area contributed by atoms with Crippen LogP contribution >= 0.6 is 0 Å². The van der Waals surface area contributed by atoms with Crippen molar-refractivity contribution in [1.29, 1.82) is 0 Å². The lowest BCUT2D eigenvalue weighted by Crippen LogP contribution is -2.33. The van der Waals surface area contributed by atoms with Crippen LogP contribution in [0.15, 0.2) is 24.3 Å². The monoisotopic (exact) mass is 341 g/mol. The van der Waals surface area contributed by atoms with Gasteiger partial charge in [0.2, 0.25) is 0 Å². The van der Waals surface area contributed by atoms with Gasteiger partial charge in [0.25, 0.3) is 5.91 Å². The molecule has 1 aliphatic carbocycles. The third-order valence-corrected chi connectivity index (χ3v) is 4.74. The first-order valence-electron chi connectivity index (χ1n) is 7.10. The number of benzene rings is 1. The minimum Gasteiger partial charge on any atom is -0.482 e. The number of carboxylic acid groups (broad SMARTS) is 1. The molecule has 0 aromatic heterocycles. The number of carboxylic acids is 1. The van der Waals surface area contributed by atoms with E-state index in [1.165, 1.54) is 12.3 Å². The predicted molar refractivity (Wildman–Crippen MR) is 83.3 cm³/mol. The van der Waals surface area contributed by atoms with Crippen molar-refractivity contribution in [3.8, 4) is 5.75 Å². The van der Waals surface area contributed by atoms with Crippen LogP contribution in [0.3, 0.4) is 0 Å². The molecule has 23 heavy (non-hydrogen) atoms. The van der Waals surface area contributed by atoms with E-state index in [0.717, 1.165) is 12.8 Å². The summed E-state index contributed by atoms with van der Waals surface area (Å²) in [4.78, 5) is 22.6. The smallest absolute Gasteiger partial charge is 0.341 e. The fourth-order valence-electron chi connectivity index (χ4n) is 2.35. The molecule has 8 heteroatoms. The van der Waals surface area contributed by atoms with E-state index in [2.05, 4.69) is 5.32 Å². The number of hydrogen-bond acceptors (Lipinski definition) is 5. The highest BCUT2D eigenvalue weighted by Crippen LogP contribution is 2.46. The van der Waals surface area contributed by atoms with Gasteiger partial charge in [-0.25, -0.2) is 13.2 Å². The molecule has 0 radical (unpaired) electrons. The van der Waals surface area contributed by atoms with Gasteiger partial charge in [-0.3, -0.25) is 4.79 Å². The van der Waals surface area contributed by atoms with Crippen LogP contribution in [0.5, 0.6) is 5.75 Å². The lowest BCUT2D eigenvalue weighted by molar-refractivity contribution is -0.139. The van der Waals surface area contributed by atoms with Crippen LogP contribution in [-0.4, -0.2) is 50.6 Å². The summed E-state index contributed by atoms with van der Waals surface area (Å²) in [6.07, 6.45) is 2.75. The van der Waals surface area contributed by atoms with Crippen molar-refractivity contribution in [1.82, 2.24) is 5.32 Å². The van der Waals surface area contributed by atoms with E-state index < -0.39 is 22.4 Å². The summed E-state index contributed by atoms with van der Waals surface area (Å²) in [6, 6.07) is 6.19. The minimum atomic E-state index is -3.08. The molecule has 0 aliphatic heterocycles. The third kappa shape index (κ3) is 5.55. The molecule has 1 saturated carbocycles. The summed E-state index contributed by atoms with van der Waals surface area (Å²) < 4.78 is 27.8. The number of hydrogen-bond donors (Lipinski definition) is 2. The molecule has 1 aromatic rings. The molecule has 0 saturated heterocycles. The summed E-state index contributed by atoms with van der Waals surface area (Å²) in [5, 5.41) is 11.3. The molecule has 7 nitrogen and oxygen atoms in total. The number of amides is 1. The van der Waals surface area contributed by atoms with E-state index in [1.54, 1.807) is 18.2 Å². The predicted octanol–water partition coefficient (Wildman–Crippen LogP) is 0.705. The summed E-state index contributed by atoms with van der Waals surface area (Å²) in [6.45, 7) is -0.179. The number of aliphatic carboxylic acids is 1. The number of carbonyl (C=O) groups is 2. The van der Waals surface area contributed by atoms with Gasteiger partial charge in [0.1, 0.15) is 15.6 Å². The molecule has 1 amide bonds. The molecule has 0 heterocycles. The largest absolute Gasteiger partial charge is 0.482 e. The van der Waals surface area contributed by atoms with Gasteiger partial charge in [0, 0.05) is 23.8 Å². The Bertz CT molecular complexity index is 708. The SMILES string of the molecule is CS(=O)(=O)CC1(CNC(=O)c2cccc(OCC(=O)O)c2)CC1. The van der Waals surface area contributed by atoms with Crippen molar-refractivity contribution < 1.29 is 27.9 Å². The summed E-state index contributed by atoms with van der Waals surface area (Å²) >= 11 is 0. The number of sulfone groups is 1. The van der Waals surface area contributed by atoms with Gasteiger partial charge in [-0.05, 0) is 31.0 Å². The molecule has 1 fully saturated rings. The molecule has 126 valence electrons.